The third kappa shape index (κ3) is 2.71. The molecule has 1 amide bonds. The van der Waals surface area contributed by atoms with E-state index in [0.29, 0.717) is 11.5 Å². The summed E-state index contributed by atoms with van der Waals surface area (Å²) in [6.07, 6.45) is 1.99. The number of likely N-dealkylation sites (tertiary alicyclic amines) is 1. The lowest BCUT2D eigenvalue weighted by atomic mass is 10.0. The van der Waals surface area contributed by atoms with Gasteiger partial charge in [0.05, 0.1) is 6.04 Å². The maximum absolute atomic E-state index is 12.9. The van der Waals surface area contributed by atoms with Crippen LogP contribution >= 0.6 is 0 Å². The molecular formula is C20H18N2O2. The summed E-state index contributed by atoms with van der Waals surface area (Å²) in [6, 6.07) is 21.7. The number of hydrogen-bond donors (Lipinski definition) is 0. The summed E-state index contributed by atoms with van der Waals surface area (Å²) >= 11 is 0. The molecule has 0 saturated carbocycles. The molecular weight excluding hydrogens is 300 g/mol. The highest BCUT2D eigenvalue weighted by Crippen LogP contribution is 2.33. The number of carbonyl (C=O) groups is 1. The molecule has 1 aliphatic rings. The standard InChI is InChI=1S/C20H18N2O2/c23-20(17-14-19(24-21-17)16-10-5-2-6-11-16)22-13-7-12-18(22)15-8-3-1-4-9-15/h1-6,8-11,14,18H,7,12-13H2/t18-/m1/s1. The van der Waals surface area contributed by atoms with Gasteiger partial charge in [-0.3, -0.25) is 4.79 Å². The van der Waals surface area contributed by atoms with Crippen molar-refractivity contribution in [2.45, 2.75) is 18.9 Å². The Kier molecular flexibility index (Phi) is 3.87. The topological polar surface area (TPSA) is 46.3 Å². The maximum atomic E-state index is 12.9. The minimum absolute atomic E-state index is 0.0627. The van der Waals surface area contributed by atoms with Gasteiger partial charge in [-0.25, -0.2) is 0 Å². The van der Waals surface area contributed by atoms with Crippen LogP contribution < -0.4 is 0 Å². The fourth-order valence-electron chi connectivity index (χ4n) is 3.29. The third-order valence-corrected chi connectivity index (χ3v) is 4.49. The Labute approximate surface area is 140 Å². The van der Waals surface area contributed by atoms with Crippen LogP contribution in [0.1, 0.15) is 34.9 Å². The second kappa shape index (κ2) is 6.32. The Bertz CT molecular complexity index is 827. The molecule has 1 saturated heterocycles. The Morgan fingerprint density at radius 1 is 1.04 bits per heavy atom. The normalized spacial score (nSPS) is 17.2. The summed E-state index contributed by atoms with van der Waals surface area (Å²) in [5.41, 5.74) is 2.47. The molecule has 1 aromatic heterocycles. The molecule has 4 rings (SSSR count). The van der Waals surface area contributed by atoms with Crippen molar-refractivity contribution in [1.82, 2.24) is 10.1 Å². The fraction of sp³-hybridized carbons (Fsp3) is 0.200. The molecule has 0 N–H and O–H groups in total. The van der Waals surface area contributed by atoms with Gasteiger partial charge in [0.1, 0.15) is 0 Å². The molecule has 1 atom stereocenters. The molecule has 4 heteroatoms. The van der Waals surface area contributed by atoms with Crippen LogP contribution in [0.3, 0.4) is 0 Å². The van der Waals surface area contributed by atoms with E-state index in [1.165, 1.54) is 5.56 Å². The van der Waals surface area contributed by atoms with Gasteiger partial charge in [0.15, 0.2) is 11.5 Å². The van der Waals surface area contributed by atoms with Gasteiger partial charge < -0.3 is 9.42 Å². The summed E-state index contributed by atoms with van der Waals surface area (Å²) in [5, 5.41) is 4.00. The van der Waals surface area contributed by atoms with Crippen LogP contribution in [-0.2, 0) is 0 Å². The molecule has 1 fully saturated rings. The molecule has 120 valence electrons. The Morgan fingerprint density at radius 3 is 2.50 bits per heavy atom. The second-order valence-electron chi connectivity index (χ2n) is 6.01. The highest BCUT2D eigenvalue weighted by atomic mass is 16.5. The smallest absolute Gasteiger partial charge is 0.276 e. The van der Waals surface area contributed by atoms with Crippen molar-refractivity contribution in [2.24, 2.45) is 0 Å². The number of hydrogen-bond acceptors (Lipinski definition) is 3. The van der Waals surface area contributed by atoms with Crippen LogP contribution in [0.5, 0.6) is 0 Å². The Morgan fingerprint density at radius 2 is 1.75 bits per heavy atom. The number of aromatic nitrogens is 1. The Hall–Kier alpha value is -2.88. The van der Waals surface area contributed by atoms with Gasteiger partial charge in [-0.1, -0.05) is 65.8 Å². The van der Waals surface area contributed by atoms with Crippen LogP contribution in [0.4, 0.5) is 0 Å². The van der Waals surface area contributed by atoms with E-state index in [1.54, 1.807) is 6.07 Å². The van der Waals surface area contributed by atoms with Crippen molar-refractivity contribution >= 4 is 5.91 Å². The van der Waals surface area contributed by atoms with Crippen molar-refractivity contribution in [3.8, 4) is 11.3 Å². The molecule has 0 unspecified atom stereocenters. The van der Waals surface area contributed by atoms with Crippen LogP contribution in [-0.4, -0.2) is 22.5 Å². The fourth-order valence-corrected chi connectivity index (χ4v) is 3.29. The van der Waals surface area contributed by atoms with Gasteiger partial charge in [-0.15, -0.1) is 0 Å². The number of benzene rings is 2. The molecule has 0 bridgehead atoms. The number of rotatable bonds is 3. The van der Waals surface area contributed by atoms with E-state index >= 15 is 0 Å². The molecule has 24 heavy (non-hydrogen) atoms. The van der Waals surface area contributed by atoms with Crippen LogP contribution in [0.25, 0.3) is 11.3 Å². The van der Waals surface area contributed by atoms with Gasteiger partial charge in [-0.05, 0) is 18.4 Å². The van der Waals surface area contributed by atoms with Crippen molar-refractivity contribution in [3.63, 3.8) is 0 Å². The summed E-state index contributed by atoms with van der Waals surface area (Å²) in [7, 11) is 0. The lowest BCUT2D eigenvalue weighted by Crippen LogP contribution is -2.30. The van der Waals surface area contributed by atoms with E-state index < -0.39 is 0 Å². The zero-order chi connectivity index (χ0) is 16.4. The molecule has 3 aromatic rings. The first-order valence-corrected chi connectivity index (χ1v) is 8.21. The average Bonchev–Trinajstić information content (AvgIpc) is 3.32. The first kappa shape index (κ1) is 14.7. The highest BCUT2D eigenvalue weighted by Gasteiger charge is 2.32. The van der Waals surface area contributed by atoms with Gasteiger partial charge in [-0.2, -0.15) is 0 Å². The van der Waals surface area contributed by atoms with E-state index in [1.807, 2.05) is 53.4 Å². The number of amides is 1. The summed E-state index contributed by atoms with van der Waals surface area (Å²) < 4.78 is 5.37. The summed E-state index contributed by atoms with van der Waals surface area (Å²) in [4.78, 5) is 14.8. The number of carbonyl (C=O) groups excluding carboxylic acids is 1. The molecule has 1 aliphatic heterocycles. The van der Waals surface area contributed by atoms with E-state index in [4.69, 9.17) is 4.52 Å². The van der Waals surface area contributed by atoms with Gasteiger partial charge in [0, 0.05) is 18.2 Å². The first-order chi connectivity index (χ1) is 11.8. The number of nitrogens with zero attached hydrogens (tertiary/aromatic N) is 2. The molecule has 2 aromatic carbocycles. The monoisotopic (exact) mass is 318 g/mol. The van der Waals surface area contributed by atoms with Crippen molar-refractivity contribution in [2.75, 3.05) is 6.54 Å². The zero-order valence-electron chi connectivity index (χ0n) is 13.3. The van der Waals surface area contributed by atoms with E-state index in [9.17, 15) is 4.79 Å². The van der Waals surface area contributed by atoms with Crippen molar-refractivity contribution < 1.29 is 9.32 Å². The van der Waals surface area contributed by atoms with Crippen molar-refractivity contribution in [1.29, 1.82) is 0 Å². The third-order valence-electron chi connectivity index (χ3n) is 4.49. The minimum atomic E-state index is -0.0627. The Balaban J connectivity index is 1.58. The maximum Gasteiger partial charge on any atom is 0.276 e. The summed E-state index contributed by atoms with van der Waals surface area (Å²) in [5.74, 6) is 0.557. The first-order valence-electron chi connectivity index (χ1n) is 8.21. The van der Waals surface area contributed by atoms with Gasteiger partial charge in [0.25, 0.3) is 5.91 Å². The molecule has 4 nitrogen and oxygen atoms in total. The largest absolute Gasteiger partial charge is 0.355 e. The lowest BCUT2D eigenvalue weighted by Gasteiger charge is -2.24. The zero-order valence-corrected chi connectivity index (χ0v) is 13.3. The SMILES string of the molecule is O=C(c1cc(-c2ccccc2)on1)N1CCC[C@@H]1c1ccccc1. The summed E-state index contributed by atoms with van der Waals surface area (Å²) in [6.45, 7) is 0.756. The van der Waals surface area contributed by atoms with E-state index in [-0.39, 0.29) is 11.9 Å². The molecule has 0 aliphatic carbocycles. The van der Waals surface area contributed by atoms with E-state index in [0.717, 1.165) is 24.9 Å². The van der Waals surface area contributed by atoms with Gasteiger partial charge in [0.2, 0.25) is 0 Å². The van der Waals surface area contributed by atoms with E-state index in [2.05, 4.69) is 17.3 Å². The molecule has 0 radical (unpaired) electrons. The minimum Gasteiger partial charge on any atom is -0.355 e. The van der Waals surface area contributed by atoms with Crippen LogP contribution in [0, 0.1) is 0 Å². The molecule has 2 heterocycles. The lowest BCUT2D eigenvalue weighted by molar-refractivity contribution is 0.0725. The average molecular weight is 318 g/mol. The predicted molar refractivity (Wildman–Crippen MR) is 91.4 cm³/mol. The predicted octanol–water partition coefficient (Wildman–Crippen LogP) is 4.32. The highest BCUT2D eigenvalue weighted by molar-refractivity contribution is 5.93. The quantitative estimate of drug-likeness (QED) is 0.722. The molecule has 0 spiro atoms. The van der Waals surface area contributed by atoms with Gasteiger partial charge >= 0.3 is 0 Å². The van der Waals surface area contributed by atoms with Crippen LogP contribution in [0.2, 0.25) is 0 Å². The second-order valence-corrected chi connectivity index (χ2v) is 6.01. The van der Waals surface area contributed by atoms with Crippen LogP contribution in [0.15, 0.2) is 71.3 Å². The van der Waals surface area contributed by atoms with Crippen molar-refractivity contribution in [3.05, 3.63) is 78.0 Å².